The summed E-state index contributed by atoms with van der Waals surface area (Å²) >= 11 is 0. The van der Waals surface area contributed by atoms with E-state index < -0.39 is 0 Å². The molecule has 0 aliphatic carbocycles. The molecule has 0 aliphatic rings. The molecule has 0 saturated carbocycles. The third kappa shape index (κ3) is 2.81. The number of tetrazole rings is 1. The molecular formula is C12H16N4O. The van der Waals surface area contributed by atoms with Crippen molar-refractivity contribution < 1.29 is 4.74 Å². The number of rotatable bonds is 4. The van der Waals surface area contributed by atoms with Gasteiger partial charge >= 0.3 is 0 Å². The molecule has 0 amide bonds. The van der Waals surface area contributed by atoms with E-state index in [1.165, 1.54) is 5.56 Å². The van der Waals surface area contributed by atoms with Crippen LogP contribution in [0.5, 0.6) is 5.75 Å². The number of nitrogens with zero attached hydrogens (tertiary/aromatic N) is 3. The van der Waals surface area contributed by atoms with Gasteiger partial charge < -0.3 is 4.74 Å². The van der Waals surface area contributed by atoms with E-state index >= 15 is 0 Å². The monoisotopic (exact) mass is 232 g/mol. The van der Waals surface area contributed by atoms with E-state index in [4.69, 9.17) is 4.74 Å². The van der Waals surface area contributed by atoms with Gasteiger partial charge in [-0.3, -0.25) is 0 Å². The Morgan fingerprint density at radius 3 is 2.47 bits per heavy atom. The largest absolute Gasteiger partial charge is 0.493 e. The van der Waals surface area contributed by atoms with Crippen LogP contribution in [0, 0.1) is 20.8 Å². The molecule has 0 atom stereocenters. The molecule has 0 spiro atoms. The minimum Gasteiger partial charge on any atom is -0.493 e. The second-order valence-corrected chi connectivity index (χ2v) is 4.15. The van der Waals surface area contributed by atoms with E-state index in [0.717, 1.165) is 16.9 Å². The quantitative estimate of drug-likeness (QED) is 0.872. The van der Waals surface area contributed by atoms with Gasteiger partial charge in [-0.05, 0) is 31.9 Å². The molecule has 1 aromatic heterocycles. The average molecular weight is 232 g/mol. The van der Waals surface area contributed by atoms with Gasteiger partial charge in [-0.1, -0.05) is 22.9 Å². The zero-order chi connectivity index (χ0) is 12.3. The molecule has 0 saturated heterocycles. The molecule has 0 fully saturated rings. The van der Waals surface area contributed by atoms with Crippen LogP contribution in [0.25, 0.3) is 0 Å². The van der Waals surface area contributed by atoms with Crippen LogP contribution in [0.4, 0.5) is 0 Å². The molecule has 5 heteroatoms. The lowest BCUT2D eigenvalue weighted by Gasteiger charge is -2.12. The molecule has 1 N–H and O–H groups in total. The van der Waals surface area contributed by atoms with Gasteiger partial charge in [-0.15, -0.1) is 10.2 Å². The SMILES string of the molecule is Cc1cc(C)c(OCCc2nn[nH]n2)c(C)c1. The molecule has 1 heterocycles. The lowest BCUT2D eigenvalue weighted by Crippen LogP contribution is -2.05. The first kappa shape index (κ1) is 11.6. The summed E-state index contributed by atoms with van der Waals surface area (Å²) in [5.74, 6) is 1.63. The maximum atomic E-state index is 5.77. The Balaban J connectivity index is 1.99. The number of aromatic nitrogens is 4. The number of nitrogens with one attached hydrogen (secondary N) is 1. The van der Waals surface area contributed by atoms with Gasteiger partial charge in [-0.25, -0.2) is 0 Å². The fraction of sp³-hybridized carbons (Fsp3) is 0.417. The normalized spacial score (nSPS) is 10.5. The predicted molar refractivity (Wildman–Crippen MR) is 64.0 cm³/mol. The van der Waals surface area contributed by atoms with E-state index in [1.807, 2.05) is 0 Å². The van der Waals surface area contributed by atoms with E-state index in [-0.39, 0.29) is 0 Å². The third-order valence-electron chi connectivity index (χ3n) is 2.57. The van der Waals surface area contributed by atoms with Gasteiger partial charge in [0.05, 0.1) is 6.61 Å². The van der Waals surface area contributed by atoms with Crippen molar-refractivity contribution in [2.45, 2.75) is 27.2 Å². The Kier molecular flexibility index (Phi) is 3.37. The lowest BCUT2D eigenvalue weighted by molar-refractivity contribution is 0.314. The summed E-state index contributed by atoms with van der Waals surface area (Å²) in [5, 5.41) is 13.7. The zero-order valence-corrected chi connectivity index (χ0v) is 10.3. The summed E-state index contributed by atoms with van der Waals surface area (Å²) in [5.41, 5.74) is 3.58. The van der Waals surface area contributed by atoms with Gasteiger partial charge in [0.25, 0.3) is 0 Å². The number of benzene rings is 1. The molecule has 0 radical (unpaired) electrons. The molecule has 2 rings (SSSR count). The molecule has 5 nitrogen and oxygen atoms in total. The summed E-state index contributed by atoms with van der Waals surface area (Å²) in [6.07, 6.45) is 0.656. The Hall–Kier alpha value is -1.91. The third-order valence-corrected chi connectivity index (χ3v) is 2.57. The Labute approximate surface area is 100 Å². The minimum absolute atomic E-state index is 0.560. The van der Waals surface area contributed by atoms with Crippen LogP contribution in [0.3, 0.4) is 0 Å². The highest BCUT2D eigenvalue weighted by Gasteiger charge is 2.06. The van der Waals surface area contributed by atoms with Crippen LogP contribution in [0.1, 0.15) is 22.5 Å². The first-order valence-electron chi connectivity index (χ1n) is 5.60. The van der Waals surface area contributed by atoms with E-state index in [1.54, 1.807) is 0 Å². The average Bonchev–Trinajstić information content (AvgIpc) is 2.74. The van der Waals surface area contributed by atoms with Crippen molar-refractivity contribution in [2.75, 3.05) is 6.61 Å². The highest BCUT2D eigenvalue weighted by Crippen LogP contribution is 2.24. The number of ether oxygens (including phenoxy) is 1. The number of aromatic amines is 1. The van der Waals surface area contributed by atoms with E-state index in [2.05, 4.69) is 53.5 Å². The molecular weight excluding hydrogens is 216 g/mol. The number of hydrogen-bond donors (Lipinski definition) is 1. The van der Waals surface area contributed by atoms with Crippen molar-refractivity contribution in [3.05, 3.63) is 34.6 Å². The minimum atomic E-state index is 0.560. The van der Waals surface area contributed by atoms with Crippen LogP contribution >= 0.6 is 0 Å². The lowest BCUT2D eigenvalue weighted by atomic mass is 10.1. The van der Waals surface area contributed by atoms with Gasteiger partial charge in [0.15, 0.2) is 5.82 Å². The topological polar surface area (TPSA) is 63.7 Å². The second kappa shape index (κ2) is 4.95. The number of H-pyrrole nitrogens is 1. The fourth-order valence-electron chi connectivity index (χ4n) is 1.93. The Morgan fingerprint density at radius 1 is 1.18 bits per heavy atom. The van der Waals surface area contributed by atoms with Gasteiger partial charge in [-0.2, -0.15) is 5.21 Å². The summed E-state index contributed by atoms with van der Waals surface area (Å²) in [6, 6.07) is 4.24. The van der Waals surface area contributed by atoms with Gasteiger partial charge in [0.2, 0.25) is 0 Å². The maximum absolute atomic E-state index is 5.77. The van der Waals surface area contributed by atoms with Gasteiger partial charge in [0.1, 0.15) is 5.75 Å². The number of hydrogen-bond acceptors (Lipinski definition) is 4. The molecule has 0 aliphatic heterocycles. The summed E-state index contributed by atoms with van der Waals surface area (Å²) in [7, 11) is 0. The molecule has 0 unspecified atom stereocenters. The van der Waals surface area contributed by atoms with E-state index in [0.29, 0.717) is 18.9 Å². The highest BCUT2D eigenvalue weighted by molar-refractivity contribution is 5.42. The second-order valence-electron chi connectivity index (χ2n) is 4.15. The highest BCUT2D eigenvalue weighted by atomic mass is 16.5. The van der Waals surface area contributed by atoms with Crippen LogP contribution in [0.15, 0.2) is 12.1 Å². The Bertz CT molecular complexity index is 470. The number of aryl methyl sites for hydroxylation is 3. The summed E-state index contributed by atoms with van der Waals surface area (Å²) in [4.78, 5) is 0. The molecule has 17 heavy (non-hydrogen) atoms. The Morgan fingerprint density at radius 2 is 1.88 bits per heavy atom. The fourth-order valence-corrected chi connectivity index (χ4v) is 1.93. The molecule has 0 bridgehead atoms. The molecule has 2 aromatic rings. The van der Waals surface area contributed by atoms with E-state index in [9.17, 15) is 0 Å². The van der Waals surface area contributed by atoms with Crippen LogP contribution in [0.2, 0.25) is 0 Å². The molecule has 90 valence electrons. The van der Waals surface area contributed by atoms with Gasteiger partial charge in [0, 0.05) is 6.42 Å². The zero-order valence-electron chi connectivity index (χ0n) is 10.3. The maximum Gasteiger partial charge on any atom is 0.177 e. The van der Waals surface area contributed by atoms with Crippen LogP contribution in [-0.2, 0) is 6.42 Å². The summed E-state index contributed by atoms with van der Waals surface area (Å²) in [6.45, 7) is 6.76. The summed E-state index contributed by atoms with van der Waals surface area (Å²) < 4.78 is 5.77. The molecule has 1 aromatic carbocycles. The first-order chi connectivity index (χ1) is 8.16. The predicted octanol–water partition coefficient (Wildman–Crippen LogP) is 1.75. The van der Waals surface area contributed by atoms with Crippen molar-refractivity contribution in [3.8, 4) is 5.75 Å². The van der Waals surface area contributed by atoms with Crippen molar-refractivity contribution in [3.63, 3.8) is 0 Å². The van der Waals surface area contributed by atoms with Crippen LogP contribution < -0.4 is 4.74 Å². The standard InChI is InChI=1S/C12H16N4O/c1-8-6-9(2)12(10(3)7-8)17-5-4-11-13-15-16-14-11/h6-7H,4-5H2,1-3H3,(H,13,14,15,16). The van der Waals surface area contributed by atoms with Crippen molar-refractivity contribution in [1.29, 1.82) is 0 Å². The van der Waals surface area contributed by atoms with Crippen molar-refractivity contribution in [1.82, 2.24) is 20.6 Å². The first-order valence-corrected chi connectivity index (χ1v) is 5.60. The van der Waals surface area contributed by atoms with Crippen molar-refractivity contribution >= 4 is 0 Å². The van der Waals surface area contributed by atoms with Crippen LogP contribution in [-0.4, -0.2) is 27.2 Å². The smallest absolute Gasteiger partial charge is 0.177 e. The van der Waals surface area contributed by atoms with Crippen molar-refractivity contribution in [2.24, 2.45) is 0 Å².